The van der Waals surface area contributed by atoms with Crippen LogP contribution in [0, 0.1) is 0 Å². The Bertz CT molecular complexity index is 940. The molecule has 3 aromatic rings. The number of benzene rings is 2. The first-order valence-corrected chi connectivity index (χ1v) is 10.5. The van der Waals surface area contributed by atoms with Gasteiger partial charge in [0.2, 0.25) is 0 Å². The van der Waals surface area contributed by atoms with Gasteiger partial charge in [0.15, 0.2) is 5.13 Å². The van der Waals surface area contributed by atoms with Crippen LogP contribution in [-0.4, -0.2) is 31.4 Å². The Labute approximate surface area is 166 Å². The second-order valence-corrected chi connectivity index (χ2v) is 7.42. The zero-order chi connectivity index (χ0) is 19.2. The van der Waals surface area contributed by atoms with Gasteiger partial charge in [0.1, 0.15) is 11.5 Å². The third-order valence-electron chi connectivity index (χ3n) is 3.91. The molecule has 5 nitrogen and oxygen atoms in total. The molecule has 3 rings (SSSR count). The highest BCUT2D eigenvalue weighted by Gasteiger charge is 2.14. The van der Waals surface area contributed by atoms with Crippen molar-refractivity contribution in [2.75, 3.05) is 25.8 Å². The summed E-state index contributed by atoms with van der Waals surface area (Å²) in [5, 5.41) is 5.30. The number of carbonyl (C=O) groups is 1. The molecular formula is C20H20N2O3S2. The number of hydrogen-bond donors (Lipinski definition) is 1. The van der Waals surface area contributed by atoms with Crippen molar-refractivity contribution in [2.45, 2.75) is 5.75 Å². The summed E-state index contributed by atoms with van der Waals surface area (Å²) in [6.45, 7) is 0. The van der Waals surface area contributed by atoms with Crippen LogP contribution in [0.4, 0.5) is 5.13 Å². The molecule has 2 aromatic carbocycles. The number of nitrogens with zero attached hydrogens (tertiary/aromatic N) is 1. The maximum atomic E-state index is 12.5. The van der Waals surface area contributed by atoms with E-state index in [1.807, 2.05) is 48.0 Å². The number of methoxy groups -OCH3 is 2. The van der Waals surface area contributed by atoms with Crippen molar-refractivity contribution >= 4 is 34.1 Å². The Kier molecular flexibility index (Phi) is 6.36. The Hall–Kier alpha value is -2.51. The molecule has 0 spiro atoms. The average molecular weight is 401 g/mol. The second-order valence-electron chi connectivity index (χ2n) is 5.69. The van der Waals surface area contributed by atoms with Gasteiger partial charge in [0.05, 0.1) is 19.9 Å². The summed E-state index contributed by atoms with van der Waals surface area (Å²) in [5.74, 6) is 2.12. The zero-order valence-corrected chi connectivity index (χ0v) is 16.9. The number of carbonyl (C=O) groups excluding carboxylic acids is 1. The molecule has 0 bridgehead atoms. The van der Waals surface area contributed by atoms with E-state index >= 15 is 0 Å². The fourth-order valence-electron chi connectivity index (χ4n) is 2.61. The van der Waals surface area contributed by atoms with E-state index in [2.05, 4.69) is 10.3 Å². The van der Waals surface area contributed by atoms with Crippen LogP contribution in [0.15, 0.2) is 47.8 Å². The molecule has 7 heteroatoms. The van der Waals surface area contributed by atoms with Gasteiger partial charge >= 0.3 is 0 Å². The minimum Gasteiger partial charge on any atom is -0.497 e. The van der Waals surface area contributed by atoms with Crippen LogP contribution in [-0.2, 0) is 5.75 Å². The number of hydrogen-bond acceptors (Lipinski definition) is 6. The summed E-state index contributed by atoms with van der Waals surface area (Å²) in [6, 6.07) is 13.2. The summed E-state index contributed by atoms with van der Waals surface area (Å²) in [4.78, 5) is 17.1. The van der Waals surface area contributed by atoms with Gasteiger partial charge in [0.25, 0.3) is 5.91 Å². The van der Waals surface area contributed by atoms with Crippen LogP contribution in [0.5, 0.6) is 11.5 Å². The third kappa shape index (κ3) is 4.61. The van der Waals surface area contributed by atoms with E-state index in [9.17, 15) is 4.79 Å². The number of aromatic nitrogens is 1. The molecule has 140 valence electrons. The van der Waals surface area contributed by atoms with Gasteiger partial charge in [-0.3, -0.25) is 10.1 Å². The molecule has 0 atom stereocenters. The van der Waals surface area contributed by atoms with Gasteiger partial charge in [-0.05, 0) is 42.2 Å². The Balaban J connectivity index is 1.80. The van der Waals surface area contributed by atoms with Gasteiger partial charge in [-0.25, -0.2) is 4.98 Å². The highest BCUT2D eigenvalue weighted by molar-refractivity contribution is 7.97. The molecule has 0 aliphatic rings. The number of amides is 1. The maximum Gasteiger partial charge on any atom is 0.257 e. The van der Waals surface area contributed by atoms with Crippen molar-refractivity contribution in [3.8, 4) is 22.8 Å². The van der Waals surface area contributed by atoms with Gasteiger partial charge in [-0.2, -0.15) is 11.8 Å². The number of anilines is 1. The standard InChI is InChI=1S/C20H20N2O3S2/c1-24-15-7-8-18(25-2)16(10-15)17-12-27-20(21-17)22-19(23)14-6-4-5-13(9-14)11-26-3/h4-10,12H,11H2,1-3H3,(H,21,22,23). The normalized spacial score (nSPS) is 10.5. The molecular weight excluding hydrogens is 380 g/mol. The van der Waals surface area contributed by atoms with Gasteiger partial charge < -0.3 is 9.47 Å². The minimum atomic E-state index is -0.170. The maximum absolute atomic E-state index is 12.5. The largest absolute Gasteiger partial charge is 0.497 e. The van der Waals surface area contributed by atoms with Crippen molar-refractivity contribution in [3.05, 3.63) is 59.0 Å². The lowest BCUT2D eigenvalue weighted by atomic mass is 10.1. The molecule has 0 saturated carbocycles. The molecule has 0 unspecified atom stereocenters. The lowest BCUT2D eigenvalue weighted by Gasteiger charge is -2.08. The summed E-state index contributed by atoms with van der Waals surface area (Å²) < 4.78 is 10.7. The van der Waals surface area contributed by atoms with Crippen LogP contribution < -0.4 is 14.8 Å². The molecule has 0 saturated heterocycles. The lowest BCUT2D eigenvalue weighted by molar-refractivity contribution is 0.102. The van der Waals surface area contributed by atoms with Crippen LogP contribution in [0.2, 0.25) is 0 Å². The van der Waals surface area contributed by atoms with Gasteiger partial charge in [-0.1, -0.05) is 12.1 Å². The smallest absolute Gasteiger partial charge is 0.257 e. The minimum absolute atomic E-state index is 0.170. The highest BCUT2D eigenvalue weighted by atomic mass is 32.2. The van der Waals surface area contributed by atoms with Crippen LogP contribution >= 0.6 is 23.1 Å². The van der Waals surface area contributed by atoms with E-state index in [0.29, 0.717) is 16.4 Å². The van der Waals surface area contributed by atoms with Gasteiger partial charge in [-0.15, -0.1) is 11.3 Å². The molecule has 0 aliphatic heterocycles. The number of thiazole rings is 1. The van der Waals surface area contributed by atoms with E-state index < -0.39 is 0 Å². The average Bonchev–Trinajstić information content (AvgIpc) is 3.16. The molecule has 1 aromatic heterocycles. The molecule has 27 heavy (non-hydrogen) atoms. The Morgan fingerprint density at radius 1 is 1.19 bits per heavy atom. The first kappa shape index (κ1) is 19.3. The molecule has 0 aliphatic carbocycles. The first-order chi connectivity index (χ1) is 13.1. The zero-order valence-electron chi connectivity index (χ0n) is 15.3. The van der Waals surface area contributed by atoms with Crippen LogP contribution in [0.25, 0.3) is 11.3 Å². The quantitative estimate of drug-likeness (QED) is 0.608. The fourth-order valence-corrected chi connectivity index (χ4v) is 3.83. The molecule has 0 fully saturated rings. The Morgan fingerprint density at radius 2 is 2.04 bits per heavy atom. The number of nitrogens with one attached hydrogen (secondary N) is 1. The summed E-state index contributed by atoms with van der Waals surface area (Å²) in [6.07, 6.45) is 2.04. The van der Waals surface area contributed by atoms with E-state index in [0.717, 1.165) is 28.3 Å². The van der Waals surface area contributed by atoms with Crippen molar-refractivity contribution in [1.82, 2.24) is 4.98 Å². The van der Waals surface area contributed by atoms with Crippen LogP contribution in [0.3, 0.4) is 0 Å². The monoisotopic (exact) mass is 400 g/mol. The molecule has 1 heterocycles. The van der Waals surface area contributed by atoms with E-state index in [1.54, 1.807) is 32.0 Å². The SMILES string of the molecule is COc1ccc(OC)c(-c2csc(NC(=O)c3cccc(CSC)c3)n2)c1. The van der Waals surface area contributed by atoms with E-state index in [4.69, 9.17) is 9.47 Å². The fraction of sp³-hybridized carbons (Fsp3) is 0.200. The molecule has 0 radical (unpaired) electrons. The molecule has 1 N–H and O–H groups in total. The Morgan fingerprint density at radius 3 is 2.78 bits per heavy atom. The number of rotatable bonds is 7. The van der Waals surface area contributed by atoms with Crippen molar-refractivity contribution in [1.29, 1.82) is 0 Å². The lowest BCUT2D eigenvalue weighted by Crippen LogP contribution is -2.11. The third-order valence-corrected chi connectivity index (χ3v) is 5.29. The summed E-state index contributed by atoms with van der Waals surface area (Å²) in [5.41, 5.74) is 3.28. The van der Waals surface area contributed by atoms with Crippen molar-refractivity contribution < 1.29 is 14.3 Å². The van der Waals surface area contributed by atoms with E-state index in [1.165, 1.54) is 11.3 Å². The van der Waals surface area contributed by atoms with Gasteiger partial charge in [0, 0.05) is 22.3 Å². The molecule has 1 amide bonds. The summed E-state index contributed by atoms with van der Waals surface area (Å²) >= 11 is 3.09. The highest BCUT2D eigenvalue weighted by Crippen LogP contribution is 2.35. The van der Waals surface area contributed by atoms with Crippen LogP contribution in [0.1, 0.15) is 15.9 Å². The number of ether oxygens (including phenoxy) is 2. The number of thioether (sulfide) groups is 1. The predicted molar refractivity (Wildman–Crippen MR) is 112 cm³/mol. The summed E-state index contributed by atoms with van der Waals surface area (Å²) in [7, 11) is 3.23. The van der Waals surface area contributed by atoms with E-state index in [-0.39, 0.29) is 5.91 Å². The van der Waals surface area contributed by atoms with Crippen molar-refractivity contribution in [2.24, 2.45) is 0 Å². The topological polar surface area (TPSA) is 60.5 Å². The van der Waals surface area contributed by atoms with Crippen molar-refractivity contribution in [3.63, 3.8) is 0 Å². The second kappa shape index (κ2) is 8.92. The first-order valence-electron chi connectivity index (χ1n) is 8.21. The predicted octanol–water partition coefficient (Wildman–Crippen LogP) is 4.94.